The molecule has 3 rings (SSSR count). The molecule has 0 radical (unpaired) electrons. The number of hydrogen-bond acceptors (Lipinski definition) is 3. The molecule has 1 aliphatic heterocycles. The Balaban J connectivity index is 1.58. The number of rotatable bonds is 5. The van der Waals surface area contributed by atoms with Gasteiger partial charge in [-0.3, -0.25) is 14.3 Å². The fourth-order valence-electron chi connectivity index (χ4n) is 2.88. The maximum absolute atomic E-state index is 12.3. The number of hydrogen-bond donors (Lipinski definition) is 1. The first-order valence-corrected chi connectivity index (χ1v) is 8.30. The summed E-state index contributed by atoms with van der Waals surface area (Å²) in [5.41, 5.74) is 1.51. The number of anilines is 1. The van der Waals surface area contributed by atoms with E-state index in [0.717, 1.165) is 31.5 Å². The summed E-state index contributed by atoms with van der Waals surface area (Å²) in [6.07, 6.45) is 3.16. The average Bonchev–Trinajstić information content (AvgIpc) is 3.24. The zero-order valence-corrected chi connectivity index (χ0v) is 13.9. The topological polar surface area (TPSA) is 67.2 Å². The number of carbonyl (C=O) groups excluding carboxylic acids is 2. The molecule has 0 unspecified atom stereocenters. The fourth-order valence-corrected chi connectivity index (χ4v) is 2.88. The number of aromatic nitrogens is 2. The lowest BCUT2D eigenvalue weighted by molar-refractivity contribution is -0.116. The van der Waals surface area contributed by atoms with Crippen molar-refractivity contribution in [1.82, 2.24) is 14.7 Å². The van der Waals surface area contributed by atoms with E-state index >= 15 is 0 Å². The number of nitrogens with one attached hydrogen (secondary N) is 1. The summed E-state index contributed by atoms with van der Waals surface area (Å²) in [6.45, 7) is 1.57. The summed E-state index contributed by atoms with van der Waals surface area (Å²) < 4.78 is 1.55. The number of likely N-dealkylation sites (tertiary alicyclic amines) is 1. The number of benzene rings is 1. The number of amides is 2. The highest BCUT2D eigenvalue weighted by molar-refractivity contribution is 5.95. The van der Waals surface area contributed by atoms with Crippen LogP contribution in [0, 0.1) is 0 Å². The summed E-state index contributed by atoms with van der Waals surface area (Å²) in [4.78, 5) is 26.3. The molecular formula is C18H22N4O2. The monoisotopic (exact) mass is 326 g/mol. The van der Waals surface area contributed by atoms with Crippen LogP contribution in [0.3, 0.4) is 0 Å². The van der Waals surface area contributed by atoms with Crippen molar-refractivity contribution in [3.8, 4) is 0 Å². The molecule has 0 aliphatic carbocycles. The molecule has 1 aliphatic rings. The SMILES string of the molecule is Cn1nc(C(=O)N2CCCC2)cc1NC(=O)CCc1ccccc1. The van der Waals surface area contributed by atoms with E-state index in [4.69, 9.17) is 0 Å². The molecule has 6 nitrogen and oxygen atoms in total. The van der Waals surface area contributed by atoms with E-state index < -0.39 is 0 Å². The Labute approximate surface area is 141 Å². The summed E-state index contributed by atoms with van der Waals surface area (Å²) in [5.74, 6) is 0.408. The van der Waals surface area contributed by atoms with Crippen molar-refractivity contribution in [1.29, 1.82) is 0 Å². The molecule has 2 amide bonds. The van der Waals surface area contributed by atoms with E-state index in [0.29, 0.717) is 24.4 Å². The van der Waals surface area contributed by atoms with Crippen molar-refractivity contribution in [2.75, 3.05) is 18.4 Å². The first-order chi connectivity index (χ1) is 11.6. The van der Waals surface area contributed by atoms with E-state index in [1.807, 2.05) is 35.2 Å². The molecule has 0 saturated carbocycles. The Kier molecular flexibility index (Phi) is 4.93. The lowest BCUT2D eigenvalue weighted by Crippen LogP contribution is -2.28. The molecule has 1 aromatic heterocycles. The predicted octanol–water partition coefficient (Wildman–Crippen LogP) is 2.23. The van der Waals surface area contributed by atoms with Gasteiger partial charge in [0.2, 0.25) is 5.91 Å². The third-order valence-electron chi connectivity index (χ3n) is 4.24. The Morgan fingerprint density at radius 1 is 1.17 bits per heavy atom. The van der Waals surface area contributed by atoms with Gasteiger partial charge < -0.3 is 10.2 Å². The van der Waals surface area contributed by atoms with Crippen LogP contribution in [-0.4, -0.2) is 39.6 Å². The minimum absolute atomic E-state index is 0.0621. The highest BCUT2D eigenvalue weighted by Gasteiger charge is 2.22. The number of aryl methyl sites for hydroxylation is 2. The largest absolute Gasteiger partial charge is 0.337 e. The highest BCUT2D eigenvalue weighted by Crippen LogP contribution is 2.15. The zero-order valence-electron chi connectivity index (χ0n) is 13.9. The van der Waals surface area contributed by atoms with Gasteiger partial charge in [0, 0.05) is 32.6 Å². The molecule has 24 heavy (non-hydrogen) atoms. The van der Waals surface area contributed by atoms with Crippen molar-refractivity contribution < 1.29 is 9.59 Å². The van der Waals surface area contributed by atoms with Crippen molar-refractivity contribution in [2.45, 2.75) is 25.7 Å². The normalized spacial score (nSPS) is 14.0. The number of carbonyl (C=O) groups is 2. The van der Waals surface area contributed by atoms with Crippen molar-refractivity contribution in [3.63, 3.8) is 0 Å². The Morgan fingerprint density at radius 3 is 2.58 bits per heavy atom. The van der Waals surface area contributed by atoms with Crippen LogP contribution >= 0.6 is 0 Å². The minimum Gasteiger partial charge on any atom is -0.337 e. The van der Waals surface area contributed by atoms with Gasteiger partial charge in [-0.25, -0.2) is 0 Å². The summed E-state index contributed by atoms with van der Waals surface area (Å²) in [6, 6.07) is 11.5. The lowest BCUT2D eigenvalue weighted by atomic mass is 10.1. The fraction of sp³-hybridized carbons (Fsp3) is 0.389. The molecule has 2 aromatic rings. The van der Waals surface area contributed by atoms with Gasteiger partial charge >= 0.3 is 0 Å². The van der Waals surface area contributed by atoms with Crippen LogP contribution in [0.15, 0.2) is 36.4 Å². The van der Waals surface area contributed by atoms with Crippen molar-refractivity contribution >= 4 is 17.6 Å². The van der Waals surface area contributed by atoms with E-state index in [2.05, 4.69) is 10.4 Å². The van der Waals surface area contributed by atoms with Crippen LogP contribution in [0.1, 0.15) is 35.3 Å². The van der Waals surface area contributed by atoms with Crippen LogP contribution in [0.2, 0.25) is 0 Å². The van der Waals surface area contributed by atoms with Crippen LogP contribution in [0.25, 0.3) is 0 Å². The molecule has 0 bridgehead atoms. The molecule has 2 heterocycles. The quantitative estimate of drug-likeness (QED) is 0.916. The summed E-state index contributed by atoms with van der Waals surface area (Å²) in [5, 5.41) is 7.07. The Hall–Kier alpha value is -2.63. The van der Waals surface area contributed by atoms with E-state index in [1.54, 1.807) is 17.8 Å². The summed E-state index contributed by atoms with van der Waals surface area (Å²) in [7, 11) is 1.73. The first kappa shape index (κ1) is 16.2. The van der Waals surface area contributed by atoms with Gasteiger partial charge in [-0.2, -0.15) is 5.10 Å². The Bertz CT molecular complexity index is 718. The molecule has 1 saturated heterocycles. The van der Waals surface area contributed by atoms with Gasteiger partial charge in [0.15, 0.2) is 5.69 Å². The van der Waals surface area contributed by atoms with E-state index in [9.17, 15) is 9.59 Å². The second kappa shape index (κ2) is 7.29. The third-order valence-corrected chi connectivity index (χ3v) is 4.24. The van der Waals surface area contributed by atoms with Gasteiger partial charge in [0.05, 0.1) is 0 Å². The maximum atomic E-state index is 12.3. The van der Waals surface area contributed by atoms with Crippen LogP contribution in [-0.2, 0) is 18.3 Å². The maximum Gasteiger partial charge on any atom is 0.274 e. The number of nitrogens with zero attached hydrogens (tertiary/aromatic N) is 3. The predicted molar refractivity (Wildman–Crippen MR) is 91.7 cm³/mol. The van der Waals surface area contributed by atoms with Gasteiger partial charge in [0.25, 0.3) is 5.91 Å². The van der Waals surface area contributed by atoms with Gasteiger partial charge in [-0.05, 0) is 24.8 Å². The molecule has 1 aromatic carbocycles. The lowest BCUT2D eigenvalue weighted by Gasteiger charge is -2.12. The molecule has 1 N–H and O–H groups in total. The standard InChI is InChI=1S/C18H22N4O2/c1-21-16(13-15(20-21)18(24)22-11-5-6-12-22)19-17(23)10-9-14-7-3-2-4-8-14/h2-4,7-8,13H,5-6,9-12H2,1H3,(H,19,23). The van der Waals surface area contributed by atoms with Crippen LogP contribution < -0.4 is 5.32 Å². The highest BCUT2D eigenvalue weighted by atomic mass is 16.2. The van der Waals surface area contributed by atoms with Crippen LogP contribution in [0.4, 0.5) is 5.82 Å². The Morgan fingerprint density at radius 2 is 1.88 bits per heavy atom. The first-order valence-electron chi connectivity index (χ1n) is 8.30. The summed E-state index contributed by atoms with van der Waals surface area (Å²) >= 11 is 0. The van der Waals surface area contributed by atoms with Crippen LogP contribution in [0.5, 0.6) is 0 Å². The molecule has 1 fully saturated rings. The molecule has 6 heteroatoms. The molecule has 0 atom stereocenters. The van der Waals surface area contributed by atoms with E-state index in [1.165, 1.54) is 0 Å². The molecule has 0 spiro atoms. The van der Waals surface area contributed by atoms with Gasteiger partial charge in [0.1, 0.15) is 5.82 Å². The van der Waals surface area contributed by atoms with E-state index in [-0.39, 0.29) is 11.8 Å². The van der Waals surface area contributed by atoms with Crippen molar-refractivity contribution in [2.24, 2.45) is 7.05 Å². The minimum atomic E-state index is -0.0815. The molecular weight excluding hydrogens is 304 g/mol. The van der Waals surface area contributed by atoms with Gasteiger partial charge in [-0.15, -0.1) is 0 Å². The zero-order chi connectivity index (χ0) is 16.9. The average molecular weight is 326 g/mol. The second-order valence-corrected chi connectivity index (χ2v) is 6.07. The van der Waals surface area contributed by atoms with Crippen molar-refractivity contribution in [3.05, 3.63) is 47.7 Å². The third kappa shape index (κ3) is 3.82. The van der Waals surface area contributed by atoms with Gasteiger partial charge in [-0.1, -0.05) is 30.3 Å². The second-order valence-electron chi connectivity index (χ2n) is 6.07. The smallest absolute Gasteiger partial charge is 0.274 e. The molecule has 126 valence electrons.